The van der Waals surface area contributed by atoms with Crippen LogP contribution in [0.15, 0.2) is 29.1 Å². The highest BCUT2D eigenvalue weighted by Crippen LogP contribution is 2.29. The second kappa shape index (κ2) is 6.07. The average Bonchev–Trinajstić information content (AvgIpc) is 3.00. The number of rotatable bonds is 6. The molecule has 0 saturated heterocycles. The fourth-order valence-electron chi connectivity index (χ4n) is 1.91. The van der Waals surface area contributed by atoms with Crippen molar-refractivity contribution >= 4 is 11.6 Å². The molecule has 4 nitrogen and oxygen atoms in total. The third kappa shape index (κ3) is 2.76. The molecule has 0 spiro atoms. The number of aromatic nitrogens is 2. The van der Waals surface area contributed by atoms with E-state index in [1.165, 1.54) is 0 Å². The van der Waals surface area contributed by atoms with Crippen LogP contribution in [0.4, 0.5) is 0 Å². The minimum Gasteiger partial charge on any atom is -0.453 e. The lowest BCUT2D eigenvalue weighted by atomic mass is 10.0. The van der Waals surface area contributed by atoms with Crippen molar-refractivity contribution in [3.63, 3.8) is 0 Å². The predicted molar refractivity (Wildman–Crippen MR) is 71.8 cm³/mol. The number of hydrogen-bond donors (Lipinski definition) is 1. The Labute approximate surface area is 112 Å². The van der Waals surface area contributed by atoms with Gasteiger partial charge < -0.3 is 9.73 Å². The number of aryl methyl sites for hydroxylation is 1. The maximum absolute atomic E-state index is 6.07. The Kier molecular flexibility index (Phi) is 4.44. The van der Waals surface area contributed by atoms with Gasteiger partial charge in [-0.3, -0.25) is 4.68 Å². The Hall–Kier alpha value is -1.26. The molecule has 1 unspecified atom stereocenters. The summed E-state index contributed by atoms with van der Waals surface area (Å²) in [6.07, 6.45) is 6.59. The van der Waals surface area contributed by atoms with Crippen molar-refractivity contribution in [2.75, 3.05) is 6.54 Å². The average molecular weight is 268 g/mol. The summed E-state index contributed by atoms with van der Waals surface area (Å²) in [6.45, 7) is 5.98. The highest BCUT2D eigenvalue weighted by Gasteiger charge is 2.19. The van der Waals surface area contributed by atoms with E-state index in [0.717, 1.165) is 30.6 Å². The van der Waals surface area contributed by atoms with Crippen LogP contribution in [0.5, 0.6) is 0 Å². The fourth-order valence-corrected chi connectivity index (χ4v) is 2.13. The summed E-state index contributed by atoms with van der Waals surface area (Å²) in [5, 5.41) is 8.21. The van der Waals surface area contributed by atoms with Gasteiger partial charge in [-0.25, -0.2) is 0 Å². The predicted octanol–water partition coefficient (Wildman–Crippen LogP) is 3.24. The molecule has 2 rings (SSSR count). The van der Waals surface area contributed by atoms with E-state index >= 15 is 0 Å². The SMILES string of the molecule is CCCNC(c1cnn(CC)c1)c1ccoc1Cl. The first kappa shape index (κ1) is 13.2. The van der Waals surface area contributed by atoms with Gasteiger partial charge in [0.25, 0.3) is 0 Å². The van der Waals surface area contributed by atoms with Gasteiger partial charge in [-0.1, -0.05) is 6.92 Å². The lowest BCUT2D eigenvalue weighted by Crippen LogP contribution is -2.22. The molecule has 0 aromatic carbocycles. The van der Waals surface area contributed by atoms with Crippen molar-refractivity contribution < 1.29 is 4.42 Å². The van der Waals surface area contributed by atoms with Crippen LogP contribution >= 0.6 is 11.6 Å². The monoisotopic (exact) mass is 267 g/mol. The Morgan fingerprint density at radius 3 is 2.89 bits per heavy atom. The van der Waals surface area contributed by atoms with Crippen molar-refractivity contribution in [3.05, 3.63) is 41.1 Å². The molecule has 0 radical (unpaired) electrons. The number of nitrogens with zero attached hydrogens (tertiary/aromatic N) is 2. The second-order valence-electron chi connectivity index (χ2n) is 4.17. The normalized spacial score (nSPS) is 12.8. The van der Waals surface area contributed by atoms with Crippen LogP contribution in [-0.4, -0.2) is 16.3 Å². The molecule has 5 heteroatoms. The van der Waals surface area contributed by atoms with Crippen LogP contribution in [0.2, 0.25) is 5.22 Å². The van der Waals surface area contributed by atoms with Crippen LogP contribution in [0, 0.1) is 0 Å². The van der Waals surface area contributed by atoms with Crippen molar-refractivity contribution in [1.82, 2.24) is 15.1 Å². The van der Waals surface area contributed by atoms with Crippen LogP contribution in [0.1, 0.15) is 37.4 Å². The Balaban J connectivity index is 2.27. The molecule has 2 aromatic rings. The van der Waals surface area contributed by atoms with Gasteiger partial charge in [-0.15, -0.1) is 0 Å². The Morgan fingerprint density at radius 2 is 2.33 bits per heavy atom. The first-order valence-electron chi connectivity index (χ1n) is 6.24. The molecular formula is C13H18ClN3O. The van der Waals surface area contributed by atoms with Gasteiger partial charge in [-0.2, -0.15) is 5.10 Å². The minimum atomic E-state index is 0.0384. The van der Waals surface area contributed by atoms with Gasteiger partial charge in [0.1, 0.15) is 0 Å². The van der Waals surface area contributed by atoms with Crippen LogP contribution < -0.4 is 5.32 Å². The maximum Gasteiger partial charge on any atom is 0.198 e. The van der Waals surface area contributed by atoms with E-state index in [0.29, 0.717) is 5.22 Å². The molecule has 18 heavy (non-hydrogen) atoms. The molecular weight excluding hydrogens is 250 g/mol. The van der Waals surface area contributed by atoms with E-state index in [9.17, 15) is 0 Å². The van der Waals surface area contributed by atoms with Gasteiger partial charge in [0.15, 0.2) is 5.22 Å². The quantitative estimate of drug-likeness (QED) is 0.874. The zero-order valence-electron chi connectivity index (χ0n) is 10.7. The van der Waals surface area contributed by atoms with E-state index in [1.807, 2.05) is 23.1 Å². The third-order valence-corrected chi connectivity index (χ3v) is 3.17. The Morgan fingerprint density at radius 1 is 1.50 bits per heavy atom. The lowest BCUT2D eigenvalue weighted by Gasteiger charge is -2.15. The molecule has 0 saturated carbocycles. The standard InChI is InChI=1S/C13H18ClN3O/c1-3-6-15-12(11-5-7-18-13(11)14)10-8-16-17(4-2)9-10/h5,7-9,12,15H,3-4,6H2,1-2H3. The zero-order valence-corrected chi connectivity index (χ0v) is 11.4. The van der Waals surface area contributed by atoms with E-state index in [2.05, 4.69) is 24.3 Å². The first-order valence-corrected chi connectivity index (χ1v) is 6.62. The van der Waals surface area contributed by atoms with Crippen molar-refractivity contribution in [2.24, 2.45) is 0 Å². The molecule has 1 N–H and O–H groups in total. The highest BCUT2D eigenvalue weighted by molar-refractivity contribution is 6.29. The fraction of sp³-hybridized carbons (Fsp3) is 0.462. The molecule has 0 aliphatic rings. The van der Waals surface area contributed by atoms with E-state index < -0.39 is 0 Å². The number of hydrogen-bond acceptors (Lipinski definition) is 3. The van der Waals surface area contributed by atoms with Gasteiger partial charge in [-0.05, 0) is 37.6 Å². The lowest BCUT2D eigenvalue weighted by molar-refractivity contribution is 0.550. The van der Waals surface area contributed by atoms with Crippen LogP contribution in [0.25, 0.3) is 0 Å². The summed E-state index contributed by atoms with van der Waals surface area (Å²) in [4.78, 5) is 0. The molecule has 0 bridgehead atoms. The smallest absolute Gasteiger partial charge is 0.198 e. The third-order valence-electron chi connectivity index (χ3n) is 2.87. The van der Waals surface area contributed by atoms with E-state index in [4.69, 9.17) is 16.0 Å². The summed E-state index contributed by atoms with van der Waals surface area (Å²) >= 11 is 6.07. The summed E-state index contributed by atoms with van der Waals surface area (Å²) in [7, 11) is 0. The largest absolute Gasteiger partial charge is 0.453 e. The molecule has 98 valence electrons. The van der Waals surface area contributed by atoms with E-state index in [1.54, 1.807) is 6.26 Å². The summed E-state index contributed by atoms with van der Waals surface area (Å²) < 4.78 is 7.08. The molecule has 0 fully saturated rings. The van der Waals surface area contributed by atoms with Gasteiger partial charge >= 0.3 is 0 Å². The summed E-state index contributed by atoms with van der Waals surface area (Å²) in [6, 6.07) is 1.94. The van der Waals surface area contributed by atoms with Crippen LogP contribution in [-0.2, 0) is 6.54 Å². The summed E-state index contributed by atoms with van der Waals surface area (Å²) in [5.74, 6) is 0. The van der Waals surface area contributed by atoms with Crippen molar-refractivity contribution in [1.29, 1.82) is 0 Å². The first-order chi connectivity index (χ1) is 8.76. The Bertz CT molecular complexity index is 492. The van der Waals surface area contributed by atoms with E-state index in [-0.39, 0.29) is 6.04 Å². The van der Waals surface area contributed by atoms with Gasteiger partial charge in [0, 0.05) is 23.9 Å². The second-order valence-corrected chi connectivity index (χ2v) is 4.51. The van der Waals surface area contributed by atoms with Gasteiger partial charge in [0.2, 0.25) is 0 Å². The van der Waals surface area contributed by atoms with Gasteiger partial charge in [0.05, 0.1) is 18.5 Å². The molecule has 2 aromatic heterocycles. The minimum absolute atomic E-state index is 0.0384. The number of furan rings is 1. The van der Waals surface area contributed by atoms with Crippen molar-refractivity contribution in [3.8, 4) is 0 Å². The summed E-state index contributed by atoms with van der Waals surface area (Å²) in [5.41, 5.74) is 2.06. The van der Waals surface area contributed by atoms with Crippen LogP contribution in [0.3, 0.4) is 0 Å². The molecule has 2 heterocycles. The molecule has 1 atom stereocenters. The van der Waals surface area contributed by atoms with Crippen molar-refractivity contribution in [2.45, 2.75) is 32.9 Å². The number of halogens is 1. The molecule has 0 aliphatic heterocycles. The zero-order chi connectivity index (χ0) is 13.0. The molecule has 0 aliphatic carbocycles. The molecule has 0 amide bonds. The maximum atomic E-state index is 6.07. The topological polar surface area (TPSA) is 43.0 Å². The highest BCUT2D eigenvalue weighted by atomic mass is 35.5. The number of nitrogens with one attached hydrogen (secondary N) is 1.